The number of carbonyl (C=O) groups excluding carboxylic acids is 3. The number of nitrogens with one attached hydrogen (secondary N) is 3. The molecule has 43 heavy (non-hydrogen) atoms. The minimum atomic E-state index is -1.23. The lowest BCUT2D eigenvalue weighted by Crippen LogP contribution is -2.61. The van der Waals surface area contributed by atoms with E-state index in [1.54, 1.807) is 12.1 Å². The normalized spacial score (nSPS) is 25.4. The van der Waals surface area contributed by atoms with Crippen LogP contribution in [0.15, 0.2) is 42.5 Å². The van der Waals surface area contributed by atoms with Gasteiger partial charge in [-0.25, -0.2) is 4.39 Å². The van der Waals surface area contributed by atoms with E-state index < -0.39 is 41.9 Å². The van der Waals surface area contributed by atoms with Gasteiger partial charge in [0, 0.05) is 26.6 Å². The number of nitrogens with zero attached hydrogens (tertiary/aromatic N) is 1. The van der Waals surface area contributed by atoms with Crippen molar-refractivity contribution in [2.75, 3.05) is 20.1 Å². The molecule has 4 N–H and O–H groups in total. The lowest BCUT2D eigenvalue weighted by Gasteiger charge is -2.36. The molecule has 0 aromatic heterocycles. The predicted octanol–water partition coefficient (Wildman–Crippen LogP) is 2.52. The summed E-state index contributed by atoms with van der Waals surface area (Å²) in [5.74, 6) is -0.946. The average molecular weight is 597 g/mol. The van der Waals surface area contributed by atoms with Crippen molar-refractivity contribution in [3.05, 3.63) is 65.0 Å². The molecular formula is C33H45FN4O5. The van der Waals surface area contributed by atoms with E-state index in [4.69, 9.17) is 4.74 Å². The molecule has 6 atom stereocenters. The molecular weight excluding hydrogens is 551 g/mol. The Hall–Kier alpha value is -3.50. The Labute approximate surface area is 253 Å². The number of amides is 3. The zero-order valence-corrected chi connectivity index (χ0v) is 25.6. The Balaban J connectivity index is 1.66. The van der Waals surface area contributed by atoms with E-state index in [0.29, 0.717) is 31.5 Å². The molecule has 2 aromatic carbocycles. The van der Waals surface area contributed by atoms with Crippen LogP contribution in [-0.2, 0) is 33.6 Å². The fraction of sp³-hybridized carbons (Fsp3) is 0.545. The van der Waals surface area contributed by atoms with Crippen LogP contribution < -0.4 is 20.7 Å². The standard InChI is InChI=1S/C33H45FN4O5/c1-5-20(2)28-33(42)38(4)29(21(3)39)32(41)37-27(18-22-11-14-25(34)15-12-22)31(40)35-17-7-10-23-8-6-9-24-13-16-26(19-36-28)43-30(23)24/h6,8-9,11-12,14-15,20-21,26-29,36,39H,5,7,10,13,16-19H2,1-4H3,(H,35,40)(H,37,41)/t20?,21?,26?,27-,28+,29+/m1/s1. The topological polar surface area (TPSA) is 120 Å². The van der Waals surface area contributed by atoms with Gasteiger partial charge in [0.25, 0.3) is 0 Å². The van der Waals surface area contributed by atoms with E-state index in [0.717, 1.165) is 36.1 Å². The van der Waals surface area contributed by atoms with Crippen LogP contribution in [-0.4, -0.2) is 78.2 Å². The zero-order valence-electron chi connectivity index (χ0n) is 25.6. The Morgan fingerprint density at radius 1 is 1.05 bits per heavy atom. The molecule has 0 spiro atoms. The van der Waals surface area contributed by atoms with E-state index in [9.17, 15) is 23.9 Å². The Bertz CT molecular complexity index is 1270. The summed E-state index contributed by atoms with van der Waals surface area (Å²) in [5, 5.41) is 19.8. The first-order chi connectivity index (χ1) is 20.6. The molecule has 9 nitrogen and oxygen atoms in total. The van der Waals surface area contributed by atoms with Crippen molar-refractivity contribution >= 4 is 17.7 Å². The molecule has 234 valence electrons. The Morgan fingerprint density at radius 3 is 2.42 bits per heavy atom. The number of aliphatic hydroxyl groups is 1. The van der Waals surface area contributed by atoms with Gasteiger partial charge in [0.2, 0.25) is 17.7 Å². The SMILES string of the molecule is CCC(C)[C@@H]1NCC2CCc3cccc(c3O2)CCCNC(=O)[C@@H](Cc2ccc(F)cc2)NC(=O)[C@H](C(C)O)N(C)C1=O. The first kappa shape index (κ1) is 32.4. The smallest absolute Gasteiger partial charge is 0.246 e. The van der Waals surface area contributed by atoms with Crippen molar-refractivity contribution in [3.8, 4) is 5.75 Å². The summed E-state index contributed by atoms with van der Waals surface area (Å²) in [6.45, 7) is 6.26. The van der Waals surface area contributed by atoms with Gasteiger partial charge in [-0.05, 0) is 67.3 Å². The third kappa shape index (κ3) is 8.12. The maximum absolute atomic E-state index is 13.9. The number of aryl methyl sites for hydroxylation is 2. The van der Waals surface area contributed by atoms with Crippen molar-refractivity contribution in [3.63, 3.8) is 0 Å². The molecule has 0 fully saturated rings. The summed E-state index contributed by atoms with van der Waals surface area (Å²) < 4.78 is 20.0. The molecule has 4 rings (SSSR count). The fourth-order valence-corrected chi connectivity index (χ4v) is 5.91. The van der Waals surface area contributed by atoms with Crippen molar-refractivity contribution in [1.29, 1.82) is 0 Å². The third-order valence-corrected chi connectivity index (χ3v) is 8.64. The average Bonchev–Trinajstić information content (AvgIpc) is 2.99. The summed E-state index contributed by atoms with van der Waals surface area (Å²) in [4.78, 5) is 42.2. The molecule has 0 saturated carbocycles. The molecule has 0 aliphatic carbocycles. The van der Waals surface area contributed by atoms with Gasteiger partial charge < -0.3 is 30.7 Å². The van der Waals surface area contributed by atoms with Crippen molar-refractivity contribution < 1.29 is 28.6 Å². The van der Waals surface area contributed by atoms with E-state index in [1.165, 1.54) is 31.0 Å². The van der Waals surface area contributed by atoms with Crippen LogP contribution in [0.2, 0.25) is 0 Å². The highest BCUT2D eigenvalue weighted by molar-refractivity contribution is 5.93. The lowest BCUT2D eigenvalue weighted by molar-refractivity contribution is -0.146. The van der Waals surface area contributed by atoms with Gasteiger partial charge >= 0.3 is 0 Å². The molecule has 10 heteroatoms. The number of aliphatic hydroxyl groups excluding tert-OH is 1. The second-order valence-electron chi connectivity index (χ2n) is 11.9. The van der Waals surface area contributed by atoms with E-state index in [-0.39, 0.29) is 24.3 Å². The van der Waals surface area contributed by atoms with Gasteiger partial charge in [-0.15, -0.1) is 0 Å². The maximum atomic E-state index is 13.9. The number of fused-ring (bicyclic) bond motifs is 1. The molecule has 3 amide bonds. The first-order valence-corrected chi connectivity index (χ1v) is 15.4. The minimum absolute atomic E-state index is 0.0540. The van der Waals surface area contributed by atoms with Crippen LogP contribution >= 0.6 is 0 Å². The van der Waals surface area contributed by atoms with E-state index in [1.807, 2.05) is 26.0 Å². The highest BCUT2D eigenvalue weighted by Gasteiger charge is 2.38. The number of ether oxygens (including phenoxy) is 1. The third-order valence-electron chi connectivity index (χ3n) is 8.64. The number of halogens is 1. The van der Waals surface area contributed by atoms with Gasteiger partial charge in [0.1, 0.15) is 29.8 Å². The second kappa shape index (κ2) is 14.8. The Kier molecular flexibility index (Phi) is 11.2. The first-order valence-electron chi connectivity index (χ1n) is 15.4. The van der Waals surface area contributed by atoms with Gasteiger partial charge in [0.05, 0.1) is 12.1 Å². The van der Waals surface area contributed by atoms with Gasteiger partial charge in [0.15, 0.2) is 0 Å². The quantitative estimate of drug-likeness (QED) is 0.421. The highest BCUT2D eigenvalue weighted by atomic mass is 19.1. The largest absolute Gasteiger partial charge is 0.489 e. The lowest BCUT2D eigenvalue weighted by atomic mass is 9.95. The molecule has 2 aliphatic rings. The van der Waals surface area contributed by atoms with Crippen LogP contribution in [0.25, 0.3) is 0 Å². The maximum Gasteiger partial charge on any atom is 0.246 e. The van der Waals surface area contributed by atoms with Crippen LogP contribution in [0.5, 0.6) is 5.75 Å². The van der Waals surface area contributed by atoms with E-state index >= 15 is 0 Å². The van der Waals surface area contributed by atoms with Gasteiger partial charge in [-0.3, -0.25) is 14.4 Å². The Morgan fingerprint density at radius 2 is 1.74 bits per heavy atom. The van der Waals surface area contributed by atoms with Crippen molar-refractivity contribution in [2.45, 2.75) is 89.6 Å². The summed E-state index contributed by atoms with van der Waals surface area (Å²) in [7, 11) is 1.50. The summed E-state index contributed by atoms with van der Waals surface area (Å²) in [6, 6.07) is 9.04. The summed E-state index contributed by atoms with van der Waals surface area (Å²) >= 11 is 0. The fourth-order valence-electron chi connectivity index (χ4n) is 5.91. The molecule has 2 heterocycles. The van der Waals surface area contributed by atoms with Crippen molar-refractivity contribution in [1.82, 2.24) is 20.9 Å². The van der Waals surface area contributed by atoms with Crippen LogP contribution in [0, 0.1) is 11.7 Å². The highest BCUT2D eigenvalue weighted by Crippen LogP contribution is 2.32. The van der Waals surface area contributed by atoms with Gasteiger partial charge in [-0.2, -0.15) is 0 Å². The monoisotopic (exact) mass is 596 g/mol. The summed E-state index contributed by atoms with van der Waals surface area (Å²) in [5.41, 5.74) is 2.89. The molecule has 3 unspecified atom stereocenters. The number of hydrogen-bond donors (Lipinski definition) is 4. The molecule has 2 bridgehead atoms. The number of para-hydroxylation sites is 1. The number of benzene rings is 2. The van der Waals surface area contributed by atoms with Gasteiger partial charge in [-0.1, -0.05) is 50.6 Å². The summed E-state index contributed by atoms with van der Waals surface area (Å²) in [6.07, 6.45) is 2.54. The number of carbonyl (C=O) groups is 3. The van der Waals surface area contributed by atoms with E-state index in [2.05, 4.69) is 22.0 Å². The number of rotatable bonds is 5. The zero-order chi connectivity index (χ0) is 31.1. The number of hydrogen-bond acceptors (Lipinski definition) is 6. The number of likely N-dealkylation sites (N-methyl/N-ethyl adjacent to an activating group) is 1. The molecule has 0 saturated heterocycles. The molecule has 2 aromatic rings. The minimum Gasteiger partial charge on any atom is -0.489 e. The van der Waals surface area contributed by atoms with Crippen LogP contribution in [0.4, 0.5) is 4.39 Å². The van der Waals surface area contributed by atoms with Crippen LogP contribution in [0.1, 0.15) is 56.7 Å². The molecule has 2 aliphatic heterocycles. The second-order valence-corrected chi connectivity index (χ2v) is 11.9. The van der Waals surface area contributed by atoms with Crippen LogP contribution in [0.3, 0.4) is 0 Å². The van der Waals surface area contributed by atoms with Crippen molar-refractivity contribution in [2.24, 2.45) is 5.92 Å². The molecule has 0 radical (unpaired) electrons. The predicted molar refractivity (Wildman–Crippen MR) is 162 cm³/mol.